The average molecular weight is 272 g/mol. The van der Waals surface area contributed by atoms with Crippen molar-refractivity contribution < 1.29 is 4.79 Å². The Morgan fingerprint density at radius 3 is 2.85 bits per heavy atom. The molecule has 1 aliphatic heterocycles. The lowest BCUT2D eigenvalue weighted by Crippen LogP contribution is -2.43. The first-order valence-corrected chi connectivity index (χ1v) is 7.82. The molecule has 1 N–H and O–H groups in total. The summed E-state index contributed by atoms with van der Waals surface area (Å²) in [5.74, 6) is 0.937. The first-order valence-electron chi connectivity index (χ1n) is 7.82. The van der Waals surface area contributed by atoms with E-state index in [2.05, 4.69) is 23.5 Å². The highest BCUT2D eigenvalue weighted by atomic mass is 16.2. The lowest BCUT2D eigenvalue weighted by Gasteiger charge is -2.30. The van der Waals surface area contributed by atoms with Crippen molar-refractivity contribution in [3.63, 3.8) is 0 Å². The van der Waals surface area contributed by atoms with Crippen molar-refractivity contribution in [2.45, 2.75) is 38.1 Å². The molecule has 108 valence electrons. The summed E-state index contributed by atoms with van der Waals surface area (Å²) >= 11 is 0. The fourth-order valence-corrected chi connectivity index (χ4v) is 3.62. The van der Waals surface area contributed by atoms with Gasteiger partial charge in [-0.05, 0) is 36.3 Å². The minimum atomic E-state index is -0.147. The second-order valence-corrected chi connectivity index (χ2v) is 6.21. The summed E-state index contributed by atoms with van der Waals surface area (Å²) in [6.45, 7) is 1.81. The van der Waals surface area contributed by atoms with E-state index in [4.69, 9.17) is 0 Å². The van der Waals surface area contributed by atoms with Gasteiger partial charge < -0.3 is 10.2 Å². The molecule has 1 aromatic carbocycles. The van der Waals surface area contributed by atoms with Crippen LogP contribution in [0.5, 0.6) is 0 Å². The molecule has 1 saturated carbocycles. The maximum atomic E-state index is 12.7. The Morgan fingerprint density at radius 1 is 1.30 bits per heavy atom. The fourth-order valence-electron chi connectivity index (χ4n) is 3.62. The van der Waals surface area contributed by atoms with Gasteiger partial charge in [-0.1, -0.05) is 37.1 Å². The Hall–Kier alpha value is -1.35. The van der Waals surface area contributed by atoms with Crippen LogP contribution in [-0.4, -0.2) is 30.9 Å². The number of likely N-dealkylation sites (N-methyl/N-ethyl adjacent to an activating group) is 1. The van der Waals surface area contributed by atoms with Crippen molar-refractivity contribution in [2.24, 2.45) is 5.92 Å². The van der Waals surface area contributed by atoms with Crippen LogP contribution in [0.2, 0.25) is 0 Å². The summed E-state index contributed by atoms with van der Waals surface area (Å²) in [6, 6.07) is 8.18. The molecule has 0 bridgehead atoms. The Kier molecular flexibility index (Phi) is 4.06. The van der Waals surface area contributed by atoms with E-state index in [1.165, 1.54) is 36.8 Å². The second-order valence-electron chi connectivity index (χ2n) is 6.21. The van der Waals surface area contributed by atoms with Crippen LogP contribution in [0.4, 0.5) is 0 Å². The maximum absolute atomic E-state index is 12.7. The van der Waals surface area contributed by atoms with E-state index in [1.54, 1.807) is 0 Å². The summed E-state index contributed by atoms with van der Waals surface area (Å²) in [6.07, 6.45) is 6.25. The Bertz CT molecular complexity index is 480. The van der Waals surface area contributed by atoms with Crippen LogP contribution in [0.25, 0.3) is 0 Å². The van der Waals surface area contributed by atoms with E-state index in [-0.39, 0.29) is 11.9 Å². The molecule has 1 heterocycles. The molecule has 0 radical (unpaired) electrons. The number of hydrogen-bond acceptors (Lipinski definition) is 2. The molecule has 3 nitrogen and oxygen atoms in total. The van der Waals surface area contributed by atoms with Crippen molar-refractivity contribution in [2.75, 3.05) is 20.1 Å². The van der Waals surface area contributed by atoms with Crippen molar-refractivity contribution in [1.82, 2.24) is 10.2 Å². The number of carbonyl (C=O) groups excluding carboxylic acids is 1. The number of nitrogens with one attached hydrogen (secondary N) is 1. The largest absolute Gasteiger partial charge is 0.344 e. The topological polar surface area (TPSA) is 32.3 Å². The lowest BCUT2D eigenvalue weighted by molar-refractivity contribution is -0.133. The van der Waals surface area contributed by atoms with Gasteiger partial charge in [0.05, 0.1) is 0 Å². The standard InChI is InChI=1S/C17H24N2O/c1-19(12-13-6-2-3-7-13)17(20)16-15-9-5-4-8-14(15)10-11-18-16/h4-5,8-9,13,16,18H,2-3,6-7,10-12H2,1H3. The van der Waals surface area contributed by atoms with Gasteiger partial charge in [-0.25, -0.2) is 0 Å². The number of rotatable bonds is 3. The van der Waals surface area contributed by atoms with Gasteiger partial charge in [0, 0.05) is 20.1 Å². The third-order valence-electron chi connectivity index (χ3n) is 4.74. The molecular formula is C17H24N2O. The zero-order chi connectivity index (χ0) is 13.9. The van der Waals surface area contributed by atoms with Gasteiger partial charge in [-0.2, -0.15) is 0 Å². The van der Waals surface area contributed by atoms with E-state index in [1.807, 2.05) is 18.0 Å². The Morgan fingerprint density at radius 2 is 2.05 bits per heavy atom. The molecule has 1 aliphatic carbocycles. The van der Waals surface area contributed by atoms with Crippen LogP contribution in [0.1, 0.15) is 42.9 Å². The summed E-state index contributed by atoms with van der Waals surface area (Å²) in [7, 11) is 1.96. The van der Waals surface area contributed by atoms with E-state index in [0.29, 0.717) is 5.92 Å². The Balaban J connectivity index is 1.70. The predicted octanol–water partition coefficient (Wildman–Crippen LogP) is 2.52. The molecule has 2 aliphatic rings. The van der Waals surface area contributed by atoms with Crippen LogP contribution in [0, 0.1) is 5.92 Å². The zero-order valence-corrected chi connectivity index (χ0v) is 12.3. The molecule has 0 aromatic heterocycles. The van der Waals surface area contributed by atoms with Gasteiger partial charge in [-0.15, -0.1) is 0 Å². The van der Waals surface area contributed by atoms with Crippen LogP contribution >= 0.6 is 0 Å². The molecule has 1 unspecified atom stereocenters. The monoisotopic (exact) mass is 272 g/mol. The number of carbonyl (C=O) groups is 1. The summed E-state index contributed by atoms with van der Waals surface area (Å²) in [4.78, 5) is 14.7. The molecular weight excluding hydrogens is 248 g/mol. The van der Waals surface area contributed by atoms with Gasteiger partial charge in [0.2, 0.25) is 5.91 Å². The van der Waals surface area contributed by atoms with Crippen LogP contribution in [0.3, 0.4) is 0 Å². The number of fused-ring (bicyclic) bond motifs is 1. The zero-order valence-electron chi connectivity index (χ0n) is 12.3. The molecule has 3 rings (SSSR count). The van der Waals surface area contributed by atoms with Gasteiger partial charge in [0.15, 0.2) is 0 Å². The van der Waals surface area contributed by atoms with E-state index >= 15 is 0 Å². The molecule has 1 aromatic rings. The summed E-state index contributed by atoms with van der Waals surface area (Å²) < 4.78 is 0. The van der Waals surface area contributed by atoms with Crippen LogP contribution < -0.4 is 5.32 Å². The molecule has 0 spiro atoms. The van der Waals surface area contributed by atoms with Crippen molar-refractivity contribution in [3.05, 3.63) is 35.4 Å². The van der Waals surface area contributed by atoms with Crippen molar-refractivity contribution >= 4 is 5.91 Å². The van der Waals surface area contributed by atoms with E-state index < -0.39 is 0 Å². The van der Waals surface area contributed by atoms with Crippen LogP contribution in [-0.2, 0) is 11.2 Å². The number of amides is 1. The lowest BCUT2D eigenvalue weighted by atomic mass is 9.93. The molecule has 1 atom stereocenters. The average Bonchev–Trinajstić information content (AvgIpc) is 2.99. The summed E-state index contributed by atoms with van der Waals surface area (Å²) in [5.41, 5.74) is 2.49. The first-order chi connectivity index (χ1) is 9.75. The predicted molar refractivity (Wildman–Crippen MR) is 80.5 cm³/mol. The highest BCUT2D eigenvalue weighted by molar-refractivity contribution is 5.83. The first kappa shape index (κ1) is 13.6. The SMILES string of the molecule is CN(CC1CCCC1)C(=O)C1NCCc2ccccc21. The number of nitrogens with zero attached hydrogens (tertiary/aromatic N) is 1. The third-order valence-corrected chi connectivity index (χ3v) is 4.74. The molecule has 1 amide bonds. The van der Waals surface area contributed by atoms with Gasteiger partial charge >= 0.3 is 0 Å². The van der Waals surface area contributed by atoms with Crippen molar-refractivity contribution in [1.29, 1.82) is 0 Å². The van der Waals surface area contributed by atoms with E-state index in [9.17, 15) is 4.79 Å². The molecule has 3 heteroatoms. The highest BCUT2D eigenvalue weighted by Crippen LogP contribution is 2.27. The second kappa shape index (κ2) is 5.96. The fraction of sp³-hybridized carbons (Fsp3) is 0.588. The molecule has 0 saturated heterocycles. The normalized spacial score (nSPS) is 22.6. The van der Waals surface area contributed by atoms with Crippen LogP contribution in [0.15, 0.2) is 24.3 Å². The quantitative estimate of drug-likeness (QED) is 0.917. The minimum Gasteiger partial charge on any atom is -0.344 e. The molecule has 20 heavy (non-hydrogen) atoms. The third kappa shape index (κ3) is 2.73. The van der Waals surface area contributed by atoms with Gasteiger partial charge in [0.25, 0.3) is 0 Å². The Labute approximate surface area is 121 Å². The number of hydrogen-bond donors (Lipinski definition) is 1. The van der Waals surface area contributed by atoms with Crippen molar-refractivity contribution in [3.8, 4) is 0 Å². The highest BCUT2D eigenvalue weighted by Gasteiger charge is 2.29. The smallest absolute Gasteiger partial charge is 0.244 e. The van der Waals surface area contributed by atoms with Gasteiger partial charge in [0.1, 0.15) is 6.04 Å². The minimum absolute atomic E-state index is 0.147. The maximum Gasteiger partial charge on any atom is 0.244 e. The van der Waals surface area contributed by atoms with E-state index in [0.717, 1.165) is 19.5 Å². The molecule has 1 fully saturated rings. The van der Waals surface area contributed by atoms with Gasteiger partial charge in [-0.3, -0.25) is 4.79 Å². The summed E-state index contributed by atoms with van der Waals surface area (Å²) in [5, 5.41) is 3.39. The number of benzene rings is 1.